The van der Waals surface area contributed by atoms with E-state index >= 15 is 0 Å². The van der Waals surface area contributed by atoms with Crippen LogP contribution in [0.2, 0.25) is 0 Å². The summed E-state index contributed by atoms with van der Waals surface area (Å²) >= 11 is 0. The van der Waals surface area contributed by atoms with E-state index in [1.165, 1.54) is 7.11 Å². The minimum absolute atomic E-state index is 0.174. The highest BCUT2D eigenvalue weighted by Gasteiger charge is 2.40. The monoisotopic (exact) mass is 312 g/mol. The van der Waals surface area contributed by atoms with Crippen LogP contribution in [0.5, 0.6) is 0 Å². The van der Waals surface area contributed by atoms with E-state index in [0.29, 0.717) is 6.42 Å². The van der Waals surface area contributed by atoms with Gasteiger partial charge in [0.05, 0.1) is 38.1 Å². The fraction of sp³-hybridized carbons (Fsp3) is 0.688. The molecule has 22 heavy (non-hydrogen) atoms. The second-order valence-corrected chi connectivity index (χ2v) is 5.23. The molecule has 124 valence electrons. The maximum Gasteiger partial charge on any atom is 0.313 e. The van der Waals surface area contributed by atoms with Crippen molar-refractivity contribution in [2.45, 2.75) is 27.2 Å². The fourth-order valence-electron chi connectivity index (χ4n) is 2.62. The first-order chi connectivity index (χ1) is 10.5. The average molecular weight is 312 g/mol. The molecule has 0 N–H and O–H groups in total. The smallest absolute Gasteiger partial charge is 0.313 e. The third-order valence-corrected chi connectivity index (χ3v) is 3.89. The maximum absolute atomic E-state index is 12.1. The number of carbonyl (C=O) groups is 3. The molecule has 0 spiro atoms. The van der Waals surface area contributed by atoms with Gasteiger partial charge in [0, 0.05) is 0 Å². The van der Waals surface area contributed by atoms with Crippen LogP contribution in [0.25, 0.3) is 0 Å². The number of esters is 3. The van der Waals surface area contributed by atoms with Crippen molar-refractivity contribution in [3.63, 3.8) is 0 Å². The first-order valence-electron chi connectivity index (χ1n) is 7.55. The SMILES string of the molecule is CCOC(=O)[C@@H]1C=C[C@H]([C@H](C)C(=O)OC)C[C@H]1C(=O)OCC. The number of rotatable bonds is 6. The van der Waals surface area contributed by atoms with Crippen LogP contribution in [0.1, 0.15) is 27.2 Å². The summed E-state index contributed by atoms with van der Waals surface area (Å²) in [5.41, 5.74) is 0. The van der Waals surface area contributed by atoms with Crippen LogP contribution in [0.4, 0.5) is 0 Å². The van der Waals surface area contributed by atoms with E-state index in [1.807, 2.05) is 0 Å². The van der Waals surface area contributed by atoms with E-state index in [4.69, 9.17) is 14.2 Å². The number of carbonyl (C=O) groups excluding carboxylic acids is 3. The molecule has 1 aliphatic rings. The van der Waals surface area contributed by atoms with Crippen LogP contribution < -0.4 is 0 Å². The van der Waals surface area contributed by atoms with Crippen molar-refractivity contribution in [3.8, 4) is 0 Å². The number of hydrogen-bond donors (Lipinski definition) is 0. The lowest BCUT2D eigenvalue weighted by Gasteiger charge is -2.31. The summed E-state index contributed by atoms with van der Waals surface area (Å²) in [5, 5.41) is 0. The molecule has 0 aliphatic heterocycles. The van der Waals surface area contributed by atoms with E-state index < -0.39 is 23.8 Å². The summed E-state index contributed by atoms with van der Waals surface area (Å²) in [4.78, 5) is 35.8. The molecule has 0 radical (unpaired) electrons. The molecule has 6 heteroatoms. The molecule has 0 amide bonds. The molecule has 0 saturated heterocycles. The third-order valence-electron chi connectivity index (χ3n) is 3.89. The molecule has 1 aliphatic carbocycles. The zero-order valence-corrected chi connectivity index (χ0v) is 13.5. The Balaban J connectivity index is 2.95. The van der Waals surface area contributed by atoms with E-state index in [2.05, 4.69) is 0 Å². The van der Waals surface area contributed by atoms with Gasteiger partial charge in [-0.3, -0.25) is 14.4 Å². The zero-order chi connectivity index (χ0) is 16.7. The second kappa shape index (κ2) is 8.56. The molecule has 0 unspecified atom stereocenters. The van der Waals surface area contributed by atoms with Crippen molar-refractivity contribution in [2.24, 2.45) is 23.7 Å². The lowest BCUT2D eigenvalue weighted by Crippen LogP contribution is -2.37. The normalized spacial score (nSPS) is 25.2. The summed E-state index contributed by atoms with van der Waals surface area (Å²) in [6.45, 7) is 5.66. The Morgan fingerprint density at radius 3 is 2.23 bits per heavy atom. The number of ether oxygens (including phenoxy) is 3. The van der Waals surface area contributed by atoms with Crippen molar-refractivity contribution in [3.05, 3.63) is 12.2 Å². The van der Waals surface area contributed by atoms with Gasteiger partial charge in [-0.1, -0.05) is 19.1 Å². The molecular formula is C16H24O6. The van der Waals surface area contributed by atoms with Gasteiger partial charge >= 0.3 is 17.9 Å². The first kappa shape index (κ1) is 18.2. The summed E-state index contributed by atoms with van der Waals surface area (Å²) < 4.78 is 14.8. The Hall–Kier alpha value is -1.85. The molecule has 0 saturated carbocycles. The molecule has 0 bridgehead atoms. The standard InChI is InChI=1S/C16H24O6/c1-5-21-15(18)12-8-7-11(10(3)14(17)20-4)9-13(12)16(19)22-6-2/h7-8,10-13H,5-6,9H2,1-4H3/t10-,11-,12+,13+/m0/s1. The maximum atomic E-state index is 12.1. The van der Waals surface area contributed by atoms with Crippen molar-refractivity contribution < 1.29 is 28.6 Å². The predicted molar refractivity (Wildman–Crippen MR) is 78.7 cm³/mol. The first-order valence-corrected chi connectivity index (χ1v) is 7.55. The summed E-state index contributed by atoms with van der Waals surface area (Å²) in [5.74, 6) is -3.09. The highest BCUT2D eigenvalue weighted by atomic mass is 16.5. The average Bonchev–Trinajstić information content (AvgIpc) is 2.53. The van der Waals surface area contributed by atoms with Gasteiger partial charge in [0.25, 0.3) is 0 Å². The third kappa shape index (κ3) is 4.32. The molecule has 0 fully saturated rings. The Morgan fingerprint density at radius 1 is 1.09 bits per heavy atom. The predicted octanol–water partition coefficient (Wildman–Crippen LogP) is 1.73. The van der Waals surface area contributed by atoms with E-state index in [9.17, 15) is 14.4 Å². The molecule has 4 atom stereocenters. The number of hydrogen-bond acceptors (Lipinski definition) is 6. The molecule has 0 aromatic carbocycles. The van der Waals surface area contributed by atoms with Gasteiger partial charge in [0.1, 0.15) is 0 Å². The highest BCUT2D eigenvalue weighted by Crippen LogP contribution is 2.34. The summed E-state index contributed by atoms with van der Waals surface area (Å²) in [7, 11) is 1.33. The van der Waals surface area contributed by atoms with E-state index in [0.717, 1.165) is 0 Å². The van der Waals surface area contributed by atoms with Gasteiger partial charge in [-0.05, 0) is 26.2 Å². The minimum atomic E-state index is -0.667. The van der Waals surface area contributed by atoms with Crippen molar-refractivity contribution in [2.75, 3.05) is 20.3 Å². The summed E-state index contributed by atoms with van der Waals surface area (Å²) in [6, 6.07) is 0. The lowest BCUT2D eigenvalue weighted by atomic mass is 9.74. The van der Waals surface area contributed by atoms with Gasteiger partial charge in [0.15, 0.2) is 0 Å². The molecule has 0 heterocycles. The van der Waals surface area contributed by atoms with E-state index in [-0.39, 0.29) is 31.0 Å². The van der Waals surface area contributed by atoms with Gasteiger partial charge in [0.2, 0.25) is 0 Å². The second-order valence-electron chi connectivity index (χ2n) is 5.23. The Kier molecular flexibility index (Phi) is 7.08. The topological polar surface area (TPSA) is 78.9 Å². The van der Waals surface area contributed by atoms with Crippen LogP contribution in [-0.4, -0.2) is 38.2 Å². The molecule has 6 nitrogen and oxygen atoms in total. The van der Waals surface area contributed by atoms with Gasteiger partial charge < -0.3 is 14.2 Å². The Bertz CT molecular complexity index is 442. The Labute approximate surface area is 130 Å². The van der Waals surface area contributed by atoms with Crippen LogP contribution in [0.3, 0.4) is 0 Å². The largest absolute Gasteiger partial charge is 0.469 e. The van der Waals surface area contributed by atoms with Crippen LogP contribution >= 0.6 is 0 Å². The van der Waals surface area contributed by atoms with E-state index in [1.54, 1.807) is 32.9 Å². The zero-order valence-electron chi connectivity index (χ0n) is 13.5. The lowest BCUT2D eigenvalue weighted by molar-refractivity contribution is -0.160. The van der Waals surface area contributed by atoms with Crippen molar-refractivity contribution >= 4 is 17.9 Å². The van der Waals surface area contributed by atoms with Gasteiger partial charge in [-0.2, -0.15) is 0 Å². The highest BCUT2D eigenvalue weighted by molar-refractivity contribution is 5.84. The van der Waals surface area contributed by atoms with Crippen LogP contribution in [0, 0.1) is 23.7 Å². The Morgan fingerprint density at radius 2 is 1.68 bits per heavy atom. The molecular weight excluding hydrogens is 288 g/mol. The van der Waals surface area contributed by atoms with Crippen LogP contribution in [-0.2, 0) is 28.6 Å². The van der Waals surface area contributed by atoms with Gasteiger partial charge in [-0.15, -0.1) is 0 Å². The van der Waals surface area contributed by atoms with Crippen LogP contribution in [0.15, 0.2) is 12.2 Å². The quantitative estimate of drug-likeness (QED) is 0.422. The number of allylic oxidation sites excluding steroid dienone is 1. The summed E-state index contributed by atoms with van der Waals surface area (Å²) in [6.07, 6.45) is 3.79. The molecule has 1 rings (SSSR count). The molecule has 0 aromatic heterocycles. The van der Waals surface area contributed by atoms with Crippen molar-refractivity contribution in [1.29, 1.82) is 0 Å². The minimum Gasteiger partial charge on any atom is -0.469 e. The fourth-order valence-corrected chi connectivity index (χ4v) is 2.62. The van der Waals surface area contributed by atoms with Gasteiger partial charge in [-0.25, -0.2) is 0 Å². The number of methoxy groups -OCH3 is 1. The van der Waals surface area contributed by atoms with Crippen molar-refractivity contribution in [1.82, 2.24) is 0 Å². The molecule has 0 aromatic rings.